The minimum absolute atomic E-state index is 0.139. The Bertz CT molecular complexity index is 97.7. The number of alkyl halides is 1. The van der Waals surface area contributed by atoms with Crippen molar-refractivity contribution in [3.8, 4) is 0 Å². The average molecular weight is 270 g/mol. The van der Waals surface area contributed by atoms with Crippen molar-refractivity contribution < 1.29 is 0 Å². The summed E-state index contributed by atoms with van der Waals surface area (Å²) in [4.78, 5) is 0. The molecule has 0 heterocycles. The van der Waals surface area contributed by atoms with Crippen molar-refractivity contribution in [1.29, 1.82) is 0 Å². The SMILES string of the molecule is CC(C)C(Cl)C[Se](C)(Cl)Cl. The second kappa shape index (κ2) is 4.42. The van der Waals surface area contributed by atoms with E-state index in [0.29, 0.717) is 5.92 Å². The first-order chi connectivity index (χ1) is 4.33. The molecule has 10 heavy (non-hydrogen) atoms. The molecule has 0 fully saturated rings. The molecule has 0 aromatic heterocycles. The van der Waals surface area contributed by atoms with Gasteiger partial charge in [-0.15, -0.1) is 0 Å². The van der Waals surface area contributed by atoms with Crippen LogP contribution in [0.4, 0.5) is 0 Å². The van der Waals surface area contributed by atoms with Crippen LogP contribution < -0.4 is 0 Å². The van der Waals surface area contributed by atoms with Gasteiger partial charge in [0.25, 0.3) is 0 Å². The van der Waals surface area contributed by atoms with E-state index in [1.807, 2.05) is 5.82 Å². The molecule has 0 bridgehead atoms. The third-order valence-corrected chi connectivity index (χ3v) is 5.54. The summed E-state index contributed by atoms with van der Waals surface area (Å²) < 4.78 is 0. The van der Waals surface area contributed by atoms with E-state index in [1.54, 1.807) is 0 Å². The van der Waals surface area contributed by atoms with E-state index < -0.39 is 11.0 Å². The fourth-order valence-corrected chi connectivity index (χ4v) is 5.84. The Balaban J connectivity index is 3.68. The monoisotopic (exact) mass is 270 g/mol. The fraction of sp³-hybridized carbons (Fsp3) is 1.00. The van der Waals surface area contributed by atoms with Crippen LogP contribution in [-0.2, 0) is 0 Å². The van der Waals surface area contributed by atoms with Gasteiger partial charge in [-0.25, -0.2) is 0 Å². The van der Waals surface area contributed by atoms with Crippen molar-refractivity contribution in [2.24, 2.45) is 5.92 Å². The van der Waals surface area contributed by atoms with Gasteiger partial charge in [-0.2, -0.15) is 0 Å². The van der Waals surface area contributed by atoms with Gasteiger partial charge in [-0.1, -0.05) is 0 Å². The van der Waals surface area contributed by atoms with Crippen LogP contribution >= 0.6 is 31.8 Å². The van der Waals surface area contributed by atoms with Gasteiger partial charge in [0.15, 0.2) is 0 Å². The van der Waals surface area contributed by atoms with Crippen LogP contribution in [0.3, 0.4) is 0 Å². The van der Waals surface area contributed by atoms with Gasteiger partial charge in [-0.05, 0) is 0 Å². The Hall–Kier alpha value is 1.39. The normalized spacial score (nSPS) is 17.5. The van der Waals surface area contributed by atoms with Gasteiger partial charge in [-0.3, -0.25) is 0 Å². The number of rotatable bonds is 3. The molecule has 0 aromatic rings. The van der Waals surface area contributed by atoms with E-state index in [0.717, 1.165) is 5.32 Å². The molecule has 0 rings (SSSR count). The summed E-state index contributed by atoms with van der Waals surface area (Å²) in [7, 11) is 11.8. The van der Waals surface area contributed by atoms with Crippen LogP contribution in [0.5, 0.6) is 0 Å². The molecular formula is C6H13Cl3Se. The van der Waals surface area contributed by atoms with Gasteiger partial charge < -0.3 is 0 Å². The van der Waals surface area contributed by atoms with E-state index in [1.165, 1.54) is 0 Å². The first-order valence-corrected chi connectivity index (χ1v) is 11.0. The molecule has 0 radical (unpaired) electrons. The van der Waals surface area contributed by atoms with Gasteiger partial charge in [0.2, 0.25) is 0 Å². The summed E-state index contributed by atoms with van der Waals surface area (Å²) in [5.41, 5.74) is 0. The third-order valence-electron chi connectivity index (χ3n) is 1.18. The van der Waals surface area contributed by atoms with Crippen molar-refractivity contribution >= 4 is 42.8 Å². The number of halogens is 3. The molecule has 1 unspecified atom stereocenters. The molecular weight excluding hydrogens is 257 g/mol. The number of hydrogen-bond acceptors (Lipinski definition) is 0. The Morgan fingerprint density at radius 1 is 1.30 bits per heavy atom. The summed E-state index contributed by atoms with van der Waals surface area (Å²) in [6.07, 6.45) is 0. The first kappa shape index (κ1) is 11.4. The fourth-order valence-electron chi connectivity index (χ4n) is 0.472. The van der Waals surface area contributed by atoms with Gasteiger partial charge in [0, 0.05) is 0 Å². The molecule has 0 saturated carbocycles. The molecule has 0 spiro atoms. The molecule has 0 aliphatic rings. The molecule has 0 aliphatic carbocycles. The summed E-state index contributed by atoms with van der Waals surface area (Å²) in [5.74, 6) is 2.38. The summed E-state index contributed by atoms with van der Waals surface area (Å²) in [6, 6.07) is 0. The Kier molecular flexibility index (Phi) is 5.04. The van der Waals surface area contributed by atoms with Crippen molar-refractivity contribution in [1.82, 2.24) is 0 Å². The van der Waals surface area contributed by atoms with Gasteiger partial charge >= 0.3 is 79.1 Å². The molecule has 4 heteroatoms. The minimum atomic E-state index is -2.13. The van der Waals surface area contributed by atoms with Crippen molar-refractivity contribution in [3.05, 3.63) is 0 Å². The molecule has 0 amide bonds. The summed E-state index contributed by atoms with van der Waals surface area (Å²) >= 11 is 3.84. The van der Waals surface area contributed by atoms with Crippen molar-refractivity contribution in [3.63, 3.8) is 0 Å². The Labute approximate surface area is 78.9 Å². The van der Waals surface area contributed by atoms with Crippen LogP contribution in [0.15, 0.2) is 0 Å². The van der Waals surface area contributed by atoms with E-state index in [2.05, 4.69) is 13.8 Å². The Morgan fingerprint density at radius 2 is 1.70 bits per heavy atom. The van der Waals surface area contributed by atoms with E-state index in [4.69, 9.17) is 31.8 Å². The molecule has 64 valence electrons. The summed E-state index contributed by atoms with van der Waals surface area (Å²) in [5, 5.41) is 0.929. The Morgan fingerprint density at radius 3 is 1.80 bits per heavy atom. The topological polar surface area (TPSA) is 0 Å². The molecule has 0 N–H and O–H groups in total. The van der Waals surface area contributed by atoms with Crippen LogP contribution in [-0.4, -0.2) is 16.4 Å². The quantitative estimate of drug-likeness (QED) is 0.540. The molecule has 0 aliphatic heterocycles. The van der Waals surface area contributed by atoms with Crippen LogP contribution in [0.25, 0.3) is 0 Å². The third kappa shape index (κ3) is 6.12. The average Bonchev–Trinajstić information content (AvgIpc) is 1.60. The zero-order valence-corrected chi connectivity index (χ0v) is 10.4. The van der Waals surface area contributed by atoms with Crippen molar-refractivity contribution in [2.75, 3.05) is 0 Å². The summed E-state index contributed by atoms with van der Waals surface area (Å²) in [6.45, 7) is 4.16. The standard InChI is InChI=1S/C6H13Cl3Se/c1-5(2)6(7)4-10(3,8)9/h5-6H,4H2,1-3H3. The van der Waals surface area contributed by atoms with Gasteiger partial charge in [0.05, 0.1) is 0 Å². The van der Waals surface area contributed by atoms with Crippen LogP contribution in [0, 0.1) is 5.92 Å². The van der Waals surface area contributed by atoms with Crippen LogP contribution in [0.1, 0.15) is 13.8 Å². The maximum absolute atomic E-state index is 5.97. The van der Waals surface area contributed by atoms with E-state index in [9.17, 15) is 0 Å². The van der Waals surface area contributed by atoms with E-state index in [-0.39, 0.29) is 5.38 Å². The van der Waals surface area contributed by atoms with Crippen LogP contribution in [0.2, 0.25) is 11.1 Å². The number of hydrogen-bond donors (Lipinski definition) is 0. The molecule has 0 saturated heterocycles. The predicted octanol–water partition coefficient (Wildman–Crippen LogP) is 3.80. The molecule has 0 nitrogen and oxygen atoms in total. The molecule has 0 aromatic carbocycles. The zero-order valence-electron chi connectivity index (χ0n) is 6.40. The zero-order chi connectivity index (χ0) is 8.36. The predicted molar refractivity (Wildman–Crippen MR) is 52.6 cm³/mol. The van der Waals surface area contributed by atoms with Crippen molar-refractivity contribution in [2.45, 2.75) is 30.4 Å². The second-order valence-corrected chi connectivity index (χ2v) is 15.6. The van der Waals surface area contributed by atoms with E-state index >= 15 is 0 Å². The first-order valence-electron chi connectivity index (χ1n) is 3.12. The molecule has 1 atom stereocenters. The van der Waals surface area contributed by atoms with Gasteiger partial charge in [0.1, 0.15) is 0 Å². The second-order valence-electron chi connectivity index (χ2n) is 2.80. The maximum atomic E-state index is 5.97.